The molecule has 1 heterocycles. The van der Waals surface area contributed by atoms with Gasteiger partial charge in [-0.25, -0.2) is 4.39 Å². The summed E-state index contributed by atoms with van der Waals surface area (Å²) in [4.78, 5) is 12.0. The highest BCUT2D eigenvalue weighted by Crippen LogP contribution is 2.50. The molecule has 1 aliphatic carbocycles. The zero-order chi connectivity index (χ0) is 26.5. The highest BCUT2D eigenvalue weighted by atomic mass is 19.4. The molecule has 2 aromatic carbocycles. The van der Waals surface area contributed by atoms with E-state index in [1.54, 1.807) is 12.1 Å². The molecule has 3 nitrogen and oxygen atoms in total. The molecule has 2 aliphatic rings. The van der Waals surface area contributed by atoms with Crippen molar-refractivity contribution in [3.8, 4) is 0 Å². The van der Waals surface area contributed by atoms with Crippen LogP contribution < -0.4 is 5.32 Å². The van der Waals surface area contributed by atoms with Crippen LogP contribution in [-0.4, -0.2) is 17.6 Å². The molecule has 0 radical (unpaired) electrons. The Balaban J connectivity index is 1.67. The van der Waals surface area contributed by atoms with E-state index in [9.17, 15) is 35.5 Å². The Kier molecular flexibility index (Phi) is 6.87. The van der Waals surface area contributed by atoms with E-state index >= 15 is 0 Å². The molecule has 5 atom stereocenters. The maximum absolute atomic E-state index is 13.6. The molecule has 10 heteroatoms. The van der Waals surface area contributed by atoms with E-state index in [1.807, 2.05) is 6.92 Å². The quantitative estimate of drug-likeness (QED) is 0.427. The lowest BCUT2D eigenvalue weighted by Gasteiger charge is -2.37. The van der Waals surface area contributed by atoms with Crippen molar-refractivity contribution < 1.29 is 40.3 Å². The fourth-order valence-electron chi connectivity index (χ4n) is 5.61. The van der Waals surface area contributed by atoms with Crippen LogP contribution in [0.15, 0.2) is 42.5 Å². The molecule has 0 unspecified atom stereocenters. The van der Waals surface area contributed by atoms with Crippen LogP contribution in [-0.2, 0) is 21.9 Å². The van der Waals surface area contributed by atoms with Gasteiger partial charge in [0, 0.05) is 17.9 Å². The standard InChI is InChI=1S/C26H26F7NO2/c1-14(16-11-17(25(28,29)30)13-18(12-16)26(31,32)33)36-21-8-7-20(24(2)10-9-22(35)34-24)23(21)15-3-5-19(27)6-4-15/h3-6,11-14,20-21,23H,7-10H2,1-2H3,(H,34,35)/t14-,20-,21+,23+,24-/m1/s1. The van der Waals surface area contributed by atoms with E-state index in [2.05, 4.69) is 5.32 Å². The van der Waals surface area contributed by atoms with Gasteiger partial charge in [0.05, 0.1) is 23.3 Å². The fourth-order valence-corrected chi connectivity index (χ4v) is 5.61. The average Bonchev–Trinajstić information content (AvgIpc) is 3.36. The van der Waals surface area contributed by atoms with Crippen molar-refractivity contribution in [1.82, 2.24) is 5.32 Å². The van der Waals surface area contributed by atoms with Crippen LogP contribution in [0.3, 0.4) is 0 Å². The molecule has 196 valence electrons. The Morgan fingerprint density at radius 2 is 1.56 bits per heavy atom. The summed E-state index contributed by atoms with van der Waals surface area (Å²) in [6.07, 6.45) is -9.52. The first-order valence-corrected chi connectivity index (χ1v) is 11.7. The number of nitrogens with one attached hydrogen (secondary N) is 1. The minimum atomic E-state index is -4.96. The first-order valence-electron chi connectivity index (χ1n) is 11.7. The normalized spacial score (nSPS) is 27.8. The highest BCUT2D eigenvalue weighted by molar-refractivity contribution is 5.79. The maximum Gasteiger partial charge on any atom is 0.416 e. The van der Waals surface area contributed by atoms with Gasteiger partial charge in [0.1, 0.15) is 5.82 Å². The second-order valence-electron chi connectivity index (χ2n) is 9.88. The summed E-state index contributed by atoms with van der Waals surface area (Å²) < 4.78 is 99.8. The van der Waals surface area contributed by atoms with Gasteiger partial charge in [-0.2, -0.15) is 26.3 Å². The molecule has 2 fully saturated rings. The van der Waals surface area contributed by atoms with Crippen LogP contribution in [0, 0.1) is 11.7 Å². The lowest BCUT2D eigenvalue weighted by atomic mass is 9.74. The van der Waals surface area contributed by atoms with Gasteiger partial charge in [0.2, 0.25) is 5.91 Å². The van der Waals surface area contributed by atoms with Crippen LogP contribution in [0.5, 0.6) is 0 Å². The smallest absolute Gasteiger partial charge is 0.370 e. The average molecular weight is 517 g/mol. The van der Waals surface area contributed by atoms with Crippen LogP contribution in [0.4, 0.5) is 30.7 Å². The lowest BCUT2D eigenvalue weighted by Crippen LogP contribution is -2.47. The topological polar surface area (TPSA) is 38.3 Å². The summed E-state index contributed by atoms with van der Waals surface area (Å²) in [7, 11) is 0. The number of carbonyl (C=O) groups is 1. The first-order chi connectivity index (χ1) is 16.7. The molecular weight excluding hydrogens is 491 g/mol. The number of halogens is 7. The number of carbonyl (C=O) groups excluding carboxylic acids is 1. The Morgan fingerprint density at radius 1 is 0.972 bits per heavy atom. The van der Waals surface area contributed by atoms with Crippen molar-refractivity contribution in [1.29, 1.82) is 0 Å². The highest BCUT2D eigenvalue weighted by Gasteiger charge is 2.50. The Bertz CT molecular complexity index is 1080. The molecule has 1 amide bonds. The minimum absolute atomic E-state index is 0.0864. The summed E-state index contributed by atoms with van der Waals surface area (Å²) >= 11 is 0. The Morgan fingerprint density at radius 3 is 2.06 bits per heavy atom. The van der Waals surface area contributed by atoms with Crippen molar-refractivity contribution in [2.45, 2.75) is 75.5 Å². The van der Waals surface area contributed by atoms with Crippen molar-refractivity contribution >= 4 is 5.91 Å². The van der Waals surface area contributed by atoms with E-state index in [-0.39, 0.29) is 29.4 Å². The van der Waals surface area contributed by atoms with Crippen molar-refractivity contribution in [3.63, 3.8) is 0 Å². The summed E-state index contributed by atoms with van der Waals surface area (Å²) in [6, 6.07) is 7.24. The van der Waals surface area contributed by atoms with Crippen LogP contribution in [0.25, 0.3) is 0 Å². The monoisotopic (exact) mass is 517 g/mol. The molecule has 2 aromatic rings. The zero-order valence-electron chi connectivity index (χ0n) is 19.6. The maximum atomic E-state index is 13.6. The third-order valence-electron chi connectivity index (χ3n) is 7.42. The van der Waals surface area contributed by atoms with E-state index in [4.69, 9.17) is 4.74 Å². The summed E-state index contributed by atoms with van der Waals surface area (Å²) in [5.74, 6) is -0.983. The number of hydrogen-bond donors (Lipinski definition) is 1. The van der Waals surface area contributed by atoms with Gasteiger partial charge < -0.3 is 10.1 Å². The third kappa shape index (κ3) is 5.38. The second kappa shape index (κ2) is 9.36. The van der Waals surface area contributed by atoms with E-state index in [0.717, 1.165) is 5.56 Å². The van der Waals surface area contributed by atoms with Crippen molar-refractivity contribution in [2.24, 2.45) is 5.92 Å². The van der Waals surface area contributed by atoms with E-state index in [1.165, 1.54) is 19.1 Å². The molecule has 1 aliphatic heterocycles. The van der Waals surface area contributed by atoms with Gasteiger partial charge in [0.25, 0.3) is 0 Å². The zero-order valence-corrected chi connectivity index (χ0v) is 19.6. The van der Waals surface area contributed by atoms with Gasteiger partial charge in [-0.1, -0.05) is 12.1 Å². The van der Waals surface area contributed by atoms with E-state index in [0.29, 0.717) is 37.8 Å². The van der Waals surface area contributed by atoms with E-state index < -0.39 is 47.0 Å². The van der Waals surface area contributed by atoms with Gasteiger partial charge >= 0.3 is 12.4 Å². The Labute approximate surface area is 204 Å². The number of amides is 1. The molecule has 4 rings (SSSR count). The number of alkyl halides is 6. The Hall–Kier alpha value is -2.62. The number of rotatable bonds is 5. The molecule has 1 N–H and O–H groups in total. The number of hydrogen-bond acceptors (Lipinski definition) is 2. The lowest BCUT2D eigenvalue weighted by molar-refractivity contribution is -0.143. The molecule has 36 heavy (non-hydrogen) atoms. The number of benzene rings is 2. The molecule has 0 bridgehead atoms. The minimum Gasteiger partial charge on any atom is -0.370 e. The largest absolute Gasteiger partial charge is 0.416 e. The van der Waals surface area contributed by atoms with Crippen LogP contribution in [0.2, 0.25) is 0 Å². The van der Waals surface area contributed by atoms with Crippen molar-refractivity contribution in [2.75, 3.05) is 0 Å². The SMILES string of the molecule is C[C@@H](O[C@H]1CC[C@@H]([C@@]2(C)CCC(=O)N2)[C@@H]1c1ccc(F)cc1)c1cc(C(F)(F)F)cc(C(F)(F)F)c1. The van der Waals surface area contributed by atoms with Crippen LogP contribution >= 0.6 is 0 Å². The fraction of sp³-hybridized carbons (Fsp3) is 0.500. The summed E-state index contributed by atoms with van der Waals surface area (Å²) in [6.45, 7) is 3.34. The van der Waals surface area contributed by atoms with Crippen molar-refractivity contribution in [3.05, 3.63) is 70.5 Å². The number of ether oxygens (including phenoxy) is 1. The second-order valence-corrected chi connectivity index (χ2v) is 9.88. The molecule has 0 aromatic heterocycles. The van der Waals surface area contributed by atoms with Gasteiger partial charge in [-0.05, 0) is 80.5 Å². The van der Waals surface area contributed by atoms with Gasteiger partial charge in [-0.15, -0.1) is 0 Å². The van der Waals surface area contributed by atoms with Crippen LogP contribution in [0.1, 0.15) is 73.8 Å². The molecule has 1 saturated carbocycles. The van der Waals surface area contributed by atoms with Gasteiger partial charge in [-0.3, -0.25) is 4.79 Å². The molecule has 0 spiro atoms. The predicted octanol–water partition coefficient (Wildman–Crippen LogP) is 7.17. The summed E-state index contributed by atoms with van der Waals surface area (Å²) in [5.41, 5.74) is -2.86. The molecule has 1 saturated heterocycles. The predicted molar refractivity (Wildman–Crippen MR) is 117 cm³/mol. The third-order valence-corrected chi connectivity index (χ3v) is 7.42. The summed E-state index contributed by atoms with van der Waals surface area (Å²) in [5, 5.41) is 3.02. The van der Waals surface area contributed by atoms with Gasteiger partial charge in [0.15, 0.2) is 0 Å². The first kappa shape index (κ1) is 26.4. The molecular formula is C26H26F7NO2.